The van der Waals surface area contributed by atoms with E-state index in [2.05, 4.69) is 5.32 Å². The highest BCUT2D eigenvalue weighted by molar-refractivity contribution is 6.10. The van der Waals surface area contributed by atoms with E-state index in [0.29, 0.717) is 36.0 Å². The van der Waals surface area contributed by atoms with Crippen LogP contribution in [0.1, 0.15) is 29.9 Å². The predicted molar refractivity (Wildman–Crippen MR) is 168 cm³/mol. The smallest absolute Gasteiger partial charge is 0.321 e. The van der Waals surface area contributed by atoms with Gasteiger partial charge in [0.25, 0.3) is 5.91 Å². The molecule has 10 nitrogen and oxygen atoms in total. The summed E-state index contributed by atoms with van der Waals surface area (Å²) in [5.74, 6) is 0.900. The monoisotopic (exact) mass is 598 g/mol. The van der Waals surface area contributed by atoms with Crippen LogP contribution in [0.3, 0.4) is 0 Å². The molecule has 0 spiro atoms. The third kappa shape index (κ3) is 5.46. The van der Waals surface area contributed by atoms with Crippen LogP contribution in [0.15, 0.2) is 66.7 Å². The minimum atomic E-state index is -0.431. The van der Waals surface area contributed by atoms with Crippen LogP contribution in [0, 0.1) is 5.92 Å². The Bertz CT molecular complexity index is 1700. The Hall–Kier alpha value is -4.54. The minimum Gasteiger partial charge on any atom is -0.454 e. The Labute approximate surface area is 256 Å². The molecule has 2 aliphatic heterocycles. The predicted octanol–water partition coefficient (Wildman–Crippen LogP) is 5.10. The number of aryl methyl sites for hydroxylation is 1. The zero-order chi connectivity index (χ0) is 31.0. The SMILES string of the molecule is C[C@@H]1CN([C@@H](C)CO)C(=O)c2c(c3ccccc3n2C)-c2ccccc2CO[C@H]1CN(C)C(=O)Nc1ccc2c(c1)OCO2. The molecule has 0 aliphatic carbocycles. The number of aliphatic hydroxyl groups excluding tert-OH is 1. The second-order valence-corrected chi connectivity index (χ2v) is 11.7. The van der Waals surface area contributed by atoms with Gasteiger partial charge in [-0.3, -0.25) is 4.79 Å². The maximum Gasteiger partial charge on any atom is 0.321 e. The van der Waals surface area contributed by atoms with E-state index < -0.39 is 12.1 Å². The van der Waals surface area contributed by atoms with Crippen molar-refractivity contribution in [3.63, 3.8) is 0 Å². The Morgan fingerprint density at radius 3 is 2.66 bits per heavy atom. The van der Waals surface area contributed by atoms with E-state index in [1.54, 1.807) is 35.0 Å². The Kier molecular flexibility index (Phi) is 8.20. The lowest BCUT2D eigenvalue weighted by molar-refractivity contribution is -0.0179. The van der Waals surface area contributed by atoms with Crippen molar-refractivity contribution in [3.05, 3.63) is 78.0 Å². The standard InChI is InChI=1S/C34H38N4O6/c1-21-16-38(22(2)18-39)33(40)32-31(26-11-7-8-12-27(26)37(32)4)25-10-6-5-9-23(25)19-42-30(21)17-36(3)34(41)35-24-13-14-28-29(15-24)44-20-43-28/h5-15,21-22,30,39H,16-20H2,1-4H3,(H,35,41)/t21-,22+,30+/m1/s1. The number of nitrogens with zero attached hydrogens (tertiary/aromatic N) is 3. The quantitative estimate of drug-likeness (QED) is 0.332. The molecule has 3 amide bonds. The molecule has 2 aliphatic rings. The molecule has 0 fully saturated rings. The van der Waals surface area contributed by atoms with E-state index in [1.165, 1.54) is 0 Å². The number of nitrogens with one attached hydrogen (secondary N) is 1. The summed E-state index contributed by atoms with van der Waals surface area (Å²) in [5.41, 5.74) is 4.85. The fourth-order valence-corrected chi connectivity index (χ4v) is 6.07. The van der Waals surface area contributed by atoms with Crippen LogP contribution in [0.25, 0.3) is 22.0 Å². The highest BCUT2D eigenvalue weighted by Gasteiger charge is 2.34. The van der Waals surface area contributed by atoms with Crippen LogP contribution >= 0.6 is 0 Å². The summed E-state index contributed by atoms with van der Waals surface area (Å²) in [6, 6.07) is 20.5. The largest absolute Gasteiger partial charge is 0.454 e. The number of rotatable bonds is 5. The number of urea groups is 1. The molecule has 3 heterocycles. The van der Waals surface area contributed by atoms with Crippen molar-refractivity contribution in [2.45, 2.75) is 32.6 Å². The number of fused-ring (bicyclic) bond motifs is 6. The van der Waals surface area contributed by atoms with Crippen LogP contribution < -0.4 is 14.8 Å². The van der Waals surface area contributed by atoms with Crippen LogP contribution in [-0.4, -0.2) is 77.1 Å². The molecule has 0 saturated carbocycles. The first-order valence-electron chi connectivity index (χ1n) is 14.9. The van der Waals surface area contributed by atoms with Crippen LogP contribution in [0.4, 0.5) is 10.5 Å². The van der Waals surface area contributed by atoms with E-state index in [9.17, 15) is 14.7 Å². The van der Waals surface area contributed by atoms with Gasteiger partial charge in [-0.2, -0.15) is 0 Å². The summed E-state index contributed by atoms with van der Waals surface area (Å²) in [6.45, 7) is 4.76. The number of aromatic nitrogens is 1. The lowest BCUT2D eigenvalue weighted by atomic mass is 9.96. The Morgan fingerprint density at radius 2 is 1.84 bits per heavy atom. The molecule has 1 aromatic heterocycles. The van der Waals surface area contributed by atoms with E-state index in [1.807, 2.05) is 74.0 Å². The van der Waals surface area contributed by atoms with Crippen molar-refractivity contribution in [1.82, 2.24) is 14.4 Å². The number of amides is 3. The van der Waals surface area contributed by atoms with Crippen molar-refractivity contribution >= 4 is 28.5 Å². The fourth-order valence-electron chi connectivity index (χ4n) is 6.07. The first-order valence-corrected chi connectivity index (χ1v) is 14.9. The van der Waals surface area contributed by atoms with Gasteiger partial charge >= 0.3 is 6.03 Å². The number of anilines is 1. The number of para-hydroxylation sites is 1. The molecule has 3 atom stereocenters. The second kappa shape index (κ2) is 12.2. The van der Waals surface area contributed by atoms with Crippen LogP contribution in [0.5, 0.6) is 11.5 Å². The van der Waals surface area contributed by atoms with Crippen molar-refractivity contribution < 1.29 is 28.9 Å². The van der Waals surface area contributed by atoms with Crippen molar-refractivity contribution in [2.24, 2.45) is 13.0 Å². The van der Waals surface area contributed by atoms with Gasteiger partial charge in [0, 0.05) is 61.3 Å². The van der Waals surface area contributed by atoms with E-state index in [-0.39, 0.29) is 37.8 Å². The molecule has 10 heteroatoms. The highest BCUT2D eigenvalue weighted by Crippen LogP contribution is 2.38. The molecule has 0 unspecified atom stereocenters. The molecule has 230 valence electrons. The molecule has 2 N–H and O–H groups in total. The summed E-state index contributed by atoms with van der Waals surface area (Å²) < 4.78 is 19.4. The van der Waals surface area contributed by atoms with Gasteiger partial charge in [0.15, 0.2) is 11.5 Å². The number of hydrogen-bond acceptors (Lipinski definition) is 6. The third-order valence-corrected chi connectivity index (χ3v) is 8.65. The number of benzene rings is 3. The Morgan fingerprint density at radius 1 is 1.09 bits per heavy atom. The molecule has 0 saturated heterocycles. The minimum absolute atomic E-state index is 0.155. The van der Waals surface area contributed by atoms with Crippen LogP contribution in [-0.2, 0) is 18.4 Å². The summed E-state index contributed by atoms with van der Waals surface area (Å²) >= 11 is 0. The lowest BCUT2D eigenvalue weighted by Crippen LogP contribution is -2.48. The Balaban J connectivity index is 1.33. The number of carbonyl (C=O) groups excluding carboxylic acids is 2. The van der Waals surface area contributed by atoms with Gasteiger partial charge in [-0.25, -0.2) is 4.79 Å². The van der Waals surface area contributed by atoms with E-state index >= 15 is 0 Å². The fraction of sp³-hybridized carbons (Fsp3) is 0.353. The molecule has 0 bridgehead atoms. The molecule has 4 aromatic rings. The van der Waals surface area contributed by atoms with Crippen molar-refractivity contribution in [1.29, 1.82) is 0 Å². The van der Waals surface area contributed by atoms with Gasteiger partial charge in [-0.1, -0.05) is 49.4 Å². The third-order valence-electron chi connectivity index (χ3n) is 8.65. The molecule has 3 aromatic carbocycles. The van der Waals surface area contributed by atoms with Gasteiger partial charge in [0.05, 0.1) is 25.4 Å². The zero-order valence-corrected chi connectivity index (χ0v) is 25.4. The topological polar surface area (TPSA) is 106 Å². The first kappa shape index (κ1) is 29.5. The number of likely N-dealkylation sites (N-methyl/N-ethyl adjacent to an activating group) is 1. The molecule has 6 rings (SSSR count). The van der Waals surface area contributed by atoms with Gasteiger partial charge in [-0.05, 0) is 36.2 Å². The van der Waals surface area contributed by atoms with Crippen molar-refractivity contribution in [2.75, 3.05) is 38.9 Å². The first-order chi connectivity index (χ1) is 21.3. The summed E-state index contributed by atoms with van der Waals surface area (Å²) in [5, 5.41) is 14.1. The van der Waals surface area contributed by atoms with Gasteiger partial charge in [-0.15, -0.1) is 0 Å². The second-order valence-electron chi connectivity index (χ2n) is 11.7. The number of carbonyl (C=O) groups is 2. The average Bonchev–Trinajstić information content (AvgIpc) is 3.62. The summed E-state index contributed by atoms with van der Waals surface area (Å²) in [4.78, 5) is 31.1. The van der Waals surface area contributed by atoms with Gasteiger partial charge in [0.2, 0.25) is 6.79 Å². The van der Waals surface area contributed by atoms with Gasteiger partial charge in [0.1, 0.15) is 5.69 Å². The van der Waals surface area contributed by atoms with Crippen LogP contribution in [0.2, 0.25) is 0 Å². The van der Waals surface area contributed by atoms with Crippen molar-refractivity contribution in [3.8, 4) is 22.6 Å². The average molecular weight is 599 g/mol. The molecular formula is C34H38N4O6. The van der Waals surface area contributed by atoms with E-state index in [0.717, 1.165) is 27.6 Å². The lowest BCUT2D eigenvalue weighted by Gasteiger charge is -2.35. The van der Waals surface area contributed by atoms with E-state index in [4.69, 9.17) is 14.2 Å². The summed E-state index contributed by atoms with van der Waals surface area (Å²) in [7, 11) is 3.64. The normalized spacial score (nSPS) is 18.8. The van der Waals surface area contributed by atoms with Gasteiger partial charge < -0.3 is 39.0 Å². The molecule has 44 heavy (non-hydrogen) atoms. The zero-order valence-electron chi connectivity index (χ0n) is 25.4. The number of ether oxygens (including phenoxy) is 3. The number of aliphatic hydroxyl groups is 1. The molecule has 0 radical (unpaired) electrons. The highest BCUT2D eigenvalue weighted by atomic mass is 16.7. The summed E-state index contributed by atoms with van der Waals surface area (Å²) in [6.07, 6.45) is -0.408. The molecular weight excluding hydrogens is 560 g/mol. The maximum atomic E-state index is 14.5. The number of hydrogen-bond donors (Lipinski definition) is 2. The maximum absolute atomic E-state index is 14.5.